The first-order valence-electron chi connectivity index (χ1n) is 10.1. The van der Waals surface area contributed by atoms with Crippen LogP contribution in [0.2, 0.25) is 0 Å². The van der Waals surface area contributed by atoms with Crippen LogP contribution >= 0.6 is 0 Å². The van der Waals surface area contributed by atoms with Gasteiger partial charge in [-0.25, -0.2) is 0 Å². The van der Waals surface area contributed by atoms with Crippen molar-refractivity contribution in [2.45, 2.75) is 64.0 Å². The number of anilines is 1. The van der Waals surface area contributed by atoms with Crippen molar-refractivity contribution in [3.63, 3.8) is 0 Å². The van der Waals surface area contributed by atoms with Crippen molar-refractivity contribution in [3.8, 4) is 0 Å². The minimum absolute atomic E-state index is 0.0329. The first-order chi connectivity index (χ1) is 12.7. The highest BCUT2D eigenvalue weighted by molar-refractivity contribution is 5.91. The molecule has 142 valence electrons. The van der Waals surface area contributed by atoms with E-state index in [2.05, 4.69) is 41.4 Å². The third-order valence-corrected chi connectivity index (χ3v) is 5.68. The van der Waals surface area contributed by atoms with Crippen LogP contribution in [0.25, 0.3) is 0 Å². The molecule has 1 N–H and O–H groups in total. The molecule has 0 bridgehead atoms. The zero-order chi connectivity index (χ0) is 18.4. The number of hydrogen-bond donors (Lipinski definition) is 1. The maximum absolute atomic E-state index is 12.6. The molecule has 3 rings (SSSR count). The predicted molar refractivity (Wildman–Crippen MR) is 104 cm³/mol. The fourth-order valence-electron chi connectivity index (χ4n) is 4.31. The van der Waals surface area contributed by atoms with E-state index >= 15 is 0 Å². The van der Waals surface area contributed by atoms with E-state index in [4.69, 9.17) is 0 Å². The van der Waals surface area contributed by atoms with E-state index in [9.17, 15) is 9.59 Å². The van der Waals surface area contributed by atoms with Gasteiger partial charge < -0.3 is 15.1 Å². The van der Waals surface area contributed by atoms with E-state index < -0.39 is 0 Å². The number of nitrogens with zero attached hydrogens (tertiary/aromatic N) is 2. The van der Waals surface area contributed by atoms with Gasteiger partial charge in [0.25, 0.3) is 0 Å². The lowest BCUT2D eigenvalue weighted by Gasteiger charge is -2.30. The summed E-state index contributed by atoms with van der Waals surface area (Å²) >= 11 is 0. The number of hydrogen-bond acceptors (Lipinski definition) is 3. The van der Waals surface area contributed by atoms with Crippen LogP contribution in [-0.4, -0.2) is 48.4 Å². The first kappa shape index (κ1) is 18.7. The van der Waals surface area contributed by atoms with E-state index in [1.165, 1.54) is 18.5 Å². The highest BCUT2D eigenvalue weighted by atomic mass is 16.2. The van der Waals surface area contributed by atoms with Crippen LogP contribution in [0.5, 0.6) is 0 Å². The van der Waals surface area contributed by atoms with E-state index in [1.807, 2.05) is 11.0 Å². The van der Waals surface area contributed by atoms with Crippen molar-refractivity contribution in [1.29, 1.82) is 0 Å². The van der Waals surface area contributed by atoms with Gasteiger partial charge in [-0.05, 0) is 44.7 Å². The lowest BCUT2D eigenvalue weighted by molar-refractivity contribution is -0.137. The molecule has 0 aromatic heterocycles. The van der Waals surface area contributed by atoms with E-state index in [0.717, 1.165) is 32.4 Å². The van der Waals surface area contributed by atoms with Crippen molar-refractivity contribution in [2.75, 3.05) is 24.5 Å². The molecule has 1 atom stereocenters. The molecule has 1 saturated carbocycles. The summed E-state index contributed by atoms with van der Waals surface area (Å²) in [7, 11) is 0. The van der Waals surface area contributed by atoms with Gasteiger partial charge in [0, 0.05) is 37.8 Å². The van der Waals surface area contributed by atoms with E-state index in [-0.39, 0.29) is 23.9 Å². The minimum Gasteiger partial charge on any atom is -0.372 e. The Morgan fingerprint density at radius 3 is 2.62 bits per heavy atom. The molecule has 0 spiro atoms. The zero-order valence-corrected chi connectivity index (χ0v) is 15.8. The van der Waals surface area contributed by atoms with Crippen LogP contribution in [0.1, 0.15) is 51.9 Å². The summed E-state index contributed by atoms with van der Waals surface area (Å²) in [6.07, 6.45) is 6.55. The second-order valence-corrected chi connectivity index (χ2v) is 7.35. The molecule has 2 aliphatic rings. The van der Waals surface area contributed by atoms with Crippen molar-refractivity contribution in [1.82, 2.24) is 10.2 Å². The van der Waals surface area contributed by atoms with Crippen molar-refractivity contribution < 1.29 is 9.59 Å². The molecule has 5 nitrogen and oxygen atoms in total. The molecule has 1 aliphatic heterocycles. The Kier molecular flexibility index (Phi) is 6.53. The summed E-state index contributed by atoms with van der Waals surface area (Å²) in [6, 6.07) is 10.4. The molecule has 1 aromatic carbocycles. The minimum atomic E-state index is -0.248. The standard InChI is InChI=1S/C21H31N3O2/c1-2-23(17-9-4-3-5-10-17)16-8-15-22-21(26)19-13-14-20(25)24(19)18-11-6-7-12-18/h3-5,9-10,18-19H,2,6-8,11-16H2,1H3,(H,22,26). The molecule has 1 unspecified atom stereocenters. The number of rotatable bonds is 8. The summed E-state index contributed by atoms with van der Waals surface area (Å²) in [5.41, 5.74) is 1.22. The number of carbonyl (C=O) groups excluding carboxylic acids is 2. The summed E-state index contributed by atoms with van der Waals surface area (Å²) in [5, 5.41) is 3.07. The van der Waals surface area contributed by atoms with Crippen molar-refractivity contribution in [2.24, 2.45) is 0 Å². The second kappa shape index (κ2) is 9.06. The first-order valence-corrected chi connectivity index (χ1v) is 10.1. The highest BCUT2D eigenvalue weighted by Gasteiger charge is 2.40. The van der Waals surface area contributed by atoms with Gasteiger partial charge in [-0.1, -0.05) is 31.0 Å². The molecular formula is C21H31N3O2. The third kappa shape index (κ3) is 4.37. The normalized spacial score (nSPS) is 20.6. The Hall–Kier alpha value is -2.04. The summed E-state index contributed by atoms with van der Waals surface area (Å²) < 4.78 is 0. The lowest BCUT2D eigenvalue weighted by Crippen LogP contribution is -2.49. The Balaban J connectivity index is 1.45. The van der Waals surface area contributed by atoms with Gasteiger partial charge in [0.2, 0.25) is 11.8 Å². The van der Waals surface area contributed by atoms with E-state index in [0.29, 0.717) is 19.4 Å². The van der Waals surface area contributed by atoms with E-state index in [1.54, 1.807) is 0 Å². The fourth-order valence-corrected chi connectivity index (χ4v) is 4.31. The Morgan fingerprint density at radius 2 is 1.92 bits per heavy atom. The van der Waals surface area contributed by atoms with Crippen LogP contribution in [0.4, 0.5) is 5.69 Å². The summed E-state index contributed by atoms with van der Waals surface area (Å²) in [5.74, 6) is 0.198. The topological polar surface area (TPSA) is 52.7 Å². The smallest absolute Gasteiger partial charge is 0.242 e. The average Bonchev–Trinajstić information content (AvgIpc) is 3.31. The fraction of sp³-hybridized carbons (Fsp3) is 0.619. The molecular weight excluding hydrogens is 326 g/mol. The Morgan fingerprint density at radius 1 is 1.19 bits per heavy atom. The molecule has 5 heteroatoms. The number of benzene rings is 1. The Bertz CT molecular complexity index is 599. The number of nitrogens with one attached hydrogen (secondary N) is 1. The Labute approximate surface area is 156 Å². The molecule has 0 radical (unpaired) electrons. The van der Waals surface area contributed by atoms with Crippen LogP contribution < -0.4 is 10.2 Å². The third-order valence-electron chi connectivity index (χ3n) is 5.68. The van der Waals surface area contributed by atoms with Gasteiger partial charge in [-0.2, -0.15) is 0 Å². The number of likely N-dealkylation sites (tertiary alicyclic amines) is 1. The summed E-state index contributed by atoms with van der Waals surface area (Å²) in [4.78, 5) is 29.1. The quantitative estimate of drug-likeness (QED) is 0.728. The molecule has 1 heterocycles. The van der Waals surface area contributed by atoms with Gasteiger partial charge >= 0.3 is 0 Å². The van der Waals surface area contributed by atoms with Gasteiger partial charge in [-0.15, -0.1) is 0 Å². The van der Waals surface area contributed by atoms with Gasteiger partial charge in [0.1, 0.15) is 6.04 Å². The second-order valence-electron chi connectivity index (χ2n) is 7.35. The molecule has 1 aliphatic carbocycles. The van der Waals surface area contributed by atoms with Gasteiger partial charge in [-0.3, -0.25) is 9.59 Å². The van der Waals surface area contributed by atoms with Crippen LogP contribution in [0.15, 0.2) is 30.3 Å². The van der Waals surface area contributed by atoms with Crippen LogP contribution in [0.3, 0.4) is 0 Å². The number of para-hydroxylation sites is 1. The molecule has 26 heavy (non-hydrogen) atoms. The maximum Gasteiger partial charge on any atom is 0.242 e. The highest BCUT2D eigenvalue weighted by Crippen LogP contribution is 2.30. The number of carbonyl (C=O) groups is 2. The van der Waals surface area contributed by atoms with Crippen LogP contribution in [0, 0.1) is 0 Å². The number of amides is 2. The monoisotopic (exact) mass is 357 g/mol. The largest absolute Gasteiger partial charge is 0.372 e. The predicted octanol–water partition coefficient (Wildman–Crippen LogP) is 2.95. The van der Waals surface area contributed by atoms with Crippen molar-refractivity contribution in [3.05, 3.63) is 30.3 Å². The van der Waals surface area contributed by atoms with Crippen LogP contribution in [-0.2, 0) is 9.59 Å². The summed E-state index contributed by atoms with van der Waals surface area (Å²) in [6.45, 7) is 4.67. The van der Waals surface area contributed by atoms with Gasteiger partial charge in [0.05, 0.1) is 0 Å². The SMILES string of the molecule is CCN(CCCNC(=O)C1CCC(=O)N1C1CCCC1)c1ccccc1. The zero-order valence-electron chi connectivity index (χ0n) is 15.8. The molecule has 2 amide bonds. The van der Waals surface area contributed by atoms with Crippen molar-refractivity contribution >= 4 is 17.5 Å². The molecule has 1 saturated heterocycles. The maximum atomic E-state index is 12.6. The average molecular weight is 357 g/mol. The lowest BCUT2D eigenvalue weighted by atomic mass is 10.1. The molecule has 1 aromatic rings. The van der Waals surface area contributed by atoms with Gasteiger partial charge in [0.15, 0.2) is 0 Å². The molecule has 2 fully saturated rings.